The van der Waals surface area contributed by atoms with E-state index in [4.69, 9.17) is 9.47 Å². The third kappa shape index (κ3) is 5.55. The minimum atomic E-state index is -3.09. The Bertz CT molecular complexity index is 541. The molecule has 0 saturated carbocycles. The Hall–Kier alpha value is -1.27. The normalized spacial score (nSPS) is 11.7. The van der Waals surface area contributed by atoms with Crippen LogP contribution in [0, 0.1) is 0 Å². The van der Waals surface area contributed by atoms with Crippen molar-refractivity contribution in [2.75, 3.05) is 26.0 Å². The summed E-state index contributed by atoms with van der Waals surface area (Å²) in [6.45, 7) is 6.65. The zero-order valence-corrected chi connectivity index (χ0v) is 14.0. The molecule has 1 rings (SSSR count). The lowest BCUT2D eigenvalue weighted by Crippen LogP contribution is -2.22. The van der Waals surface area contributed by atoms with Crippen molar-refractivity contribution in [2.24, 2.45) is 0 Å². The fourth-order valence-electron chi connectivity index (χ4n) is 1.76. The zero-order valence-electron chi connectivity index (χ0n) is 13.2. The molecule has 5 nitrogen and oxygen atoms in total. The van der Waals surface area contributed by atoms with Crippen molar-refractivity contribution in [3.8, 4) is 11.5 Å². The van der Waals surface area contributed by atoms with E-state index in [-0.39, 0.29) is 17.6 Å². The highest BCUT2D eigenvalue weighted by atomic mass is 32.2. The van der Waals surface area contributed by atoms with Crippen molar-refractivity contribution in [1.82, 2.24) is 5.32 Å². The topological polar surface area (TPSA) is 64.6 Å². The molecule has 0 aliphatic rings. The first kappa shape index (κ1) is 17.8. The van der Waals surface area contributed by atoms with E-state index in [0.29, 0.717) is 18.1 Å². The van der Waals surface area contributed by atoms with Crippen LogP contribution in [0.25, 0.3) is 0 Å². The fourth-order valence-corrected chi connectivity index (χ4v) is 2.54. The molecule has 0 heterocycles. The van der Waals surface area contributed by atoms with Crippen LogP contribution in [0.3, 0.4) is 0 Å². The summed E-state index contributed by atoms with van der Waals surface area (Å²) in [5, 5.41) is 2.69. The molecule has 1 N–H and O–H groups in total. The molecular formula is C15H25NO4S. The second-order valence-corrected chi connectivity index (χ2v) is 7.69. The van der Waals surface area contributed by atoms with Crippen LogP contribution in [-0.2, 0) is 16.4 Å². The van der Waals surface area contributed by atoms with Crippen LogP contribution in [0.4, 0.5) is 0 Å². The minimum Gasteiger partial charge on any atom is -0.490 e. The number of rotatable bonds is 9. The molecule has 0 fully saturated rings. The van der Waals surface area contributed by atoms with Crippen molar-refractivity contribution in [1.29, 1.82) is 0 Å². The smallest absolute Gasteiger partial charge is 0.161 e. The van der Waals surface area contributed by atoms with Crippen molar-refractivity contribution >= 4 is 9.84 Å². The van der Waals surface area contributed by atoms with Gasteiger partial charge in [-0.3, -0.25) is 0 Å². The Balaban J connectivity index is 2.74. The van der Waals surface area contributed by atoms with Gasteiger partial charge in [-0.1, -0.05) is 6.07 Å². The predicted molar refractivity (Wildman–Crippen MR) is 84.8 cm³/mol. The standard InChI is InChI=1S/C15H25NO4S/c1-5-19-15-10-13(11-16-4)6-7-14(15)20-8-9-21(17,18)12(2)3/h6-7,10,12,16H,5,8-9,11H2,1-4H3. The van der Waals surface area contributed by atoms with Gasteiger partial charge in [-0.2, -0.15) is 0 Å². The zero-order chi connectivity index (χ0) is 15.9. The lowest BCUT2D eigenvalue weighted by Gasteiger charge is -2.14. The van der Waals surface area contributed by atoms with Gasteiger partial charge in [0.1, 0.15) is 6.61 Å². The number of sulfone groups is 1. The maximum atomic E-state index is 11.8. The molecule has 6 heteroatoms. The molecule has 0 unspecified atom stereocenters. The Labute approximate surface area is 127 Å². The Kier molecular flexibility index (Phi) is 6.98. The van der Waals surface area contributed by atoms with Crippen LogP contribution >= 0.6 is 0 Å². The summed E-state index contributed by atoms with van der Waals surface area (Å²) in [7, 11) is -1.21. The second-order valence-electron chi connectivity index (χ2n) is 5.01. The SMILES string of the molecule is CCOc1cc(CNC)ccc1OCCS(=O)(=O)C(C)C. The molecule has 0 spiro atoms. The molecule has 0 aliphatic carbocycles. The predicted octanol–water partition coefficient (Wildman–Crippen LogP) is 2.01. The first-order chi connectivity index (χ1) is 9.90. The highest BCUT2D eigenvalue weighted by Gasteiger charge is 2.16. The molecule has 1 aromatic rings. The summed E-state index contributed by atoms with van der Waals surface area (Å²) in [5.41, 5.74) is 1.09. The van der Waals surface area contributed by atoms with Gasteiger partial charge >= 0.3 is 0 Å². The quantitative estimate of drug-likeness (QED) is 0.755. The summed E-state index contributed by atoms with van der Waals surface area (Å²) in [6.07, 6.45) is 0. The Morgan fingerprint density at radius 1 is 1.19 bits per heavy atom. The van der Waals surface area contributed by atoms with E-state index in [2.05, 4.69) is 5.32 Å². The lowest BCUT2D eigenvalue weighted by atomic mass is 10.2. The molecule has 0 aliphatic heterocycles. The van der Waals surface area contributed by atoms with E-state index in [0.717, 1.165) is 12.1 Å². The molecule has 0 radical (unpaired) electrons. The average Bonchev–Trinajstić information content (AvgIpc) is 2.41. The summed E-state index contributed by atoms with van der Waals surface area (Å²) >= 11 is 0. The average molecular weight is 315 g/mol. The lowest BCUT2D eigenvalue weighted by molar-refractivity contribution is 0.288. The van der Waals surface area contributed by atoms with Gasteiger partial charge in [0.15, 0.2) is 21.3 Å². The van der Waals surface area contributed by atoms with Crippen molar-refractivity contribution in [2.45, 2.75) is 32.6 Å². The van der Waals surface area contributed by atoms with Gasteiger partial charge in [0.05, 0.1) is 17.6 Å². The molecule has 0 saturated heterocycles. The number of hydrogen-bond donors (Lipinski definition) is 1. The summed E-state index contributed by atoms with van der Waals surface area (Å²) in [6, 6.07) is 5.66. The monoisotopic (exact) mass is 315 g/mol. The molecule has 0 atom stereocenters. The van der Waals surface area contributed by atoms with Gasteiger partial charge < -0.3 is 14.8 Å². The number of hydrogen-bond acceptors (Lipinski definition) is 5. The van der Waals surface area contributed by atoms with E-state index >= 15 is 0 Å². The maximum Gasteiger partial charge on any atom is 0.161 e. The third-order valence-corrected chi connectivity index (χ3v) is 5.20. The molecule has 0 aromatic heterocycles. The van der Waals surface area contributed by atoms with Gasteiger partial charge in [0.2, 0.25) is 0 Å². The van der Waals surface area contributed by atoms with Crippen molar-refractivity contribution in [3.05, 3.63) is 23.8 Å². The van der Waals surface area contributed by atoms with E-state index < -0.39 is 9.84 Å². The van der Waals surface area contributed by atoms with Crippen LogP contribution < -0.4 is 14.8 Å². The van der Waals surface area contributed by atoms with Gasteiger partial charge in [0.25, 0.3) is 0 Å². The van der Waals surface area contributed by atoms with Crippen LogP contribution in [0.15, 0.2) is 18.2 Å². The molecule has 0 amide bonds. The molecular weight excluding hydrogens is 290 g/mol. The summed E-state index contributed by atoms with van der Waals surface area (Å²) in [4.78, 5) is 0. The summed E-state index contributed by atoms with van der Waals surface area (Å²) < 4.78 is 34.6. The maximum absolute atomic E-state index is 11.8. The number of ether oxygens (including phenoxy) is 2. The molecule has 120 valence electrons. The minimum absolute atomic E-state index is 0.00843. The van der Waals surface area contributed by atoms with E-state index in [1.807, 2.05) is 32.2 Å². The van der Waals surface area contributed by atoms with E-state index in [9.17, 15) is 8.42 Å². The van der Waals surface area contributed by atoms with Gasteiger partial charge in [0, 0.05) is 6.54 Å². The fraction of sp³-hybridized carbons (Fsp3) is 0.600. The van der Waals surface area contributed by atoms with Crippen LogP contribution in [0.5, 0.6) is 11.5 Å². The number of nitrogens with one attached hydrogen (secondary N) is 1. The van der Waals surface area contributed by atoms with Crippen LogP contribution in [-0.4, -0.2) is 39.7 Å². The molecule has 1 aromatic carbocycles. The molecule has 21 heavy (non-hydrogen) atoms. The first-order valence-corrected chi connectivity index (χ1v) is 8.87. The van der Waals surface area contributed by atoms with Crippen LogP contribution in [0.2, 0.25) is 0 Å². The first-order valence-electron chi connectivity index (χ1n) is 7.15. The highest BCUT2D eigenvalue weighted by molar-refractivity contribution is 7.91. The van der Waals surface area contributed by atoms with Crippen LogP contribution in [0.1, 0.15) is 26.3 Å². The van der Waals surface area contributed by atoms with Crippen molar-refractivity contribution < 1.29 is 17.9 Å². The molecule has 0 bridgehead atoms. The van der Waals surface area contributed by atoms with E-state index in [1.165, 1.54) is 0 Å². The second kappa shape index (κ2) is 8.24. The van der Waals surface area contributed by atoms with E-state index in [1.54, 1.807) is 13.8 Å². The largest absolute Gasteiger partial charge is 0.490 e. The number of benzene rings is 1. The Morgan fingerprint density at radius 3 is 2.48 bits per heavy atom. The van der Waals surface area contributed by atoms with Gasteiger partial charge in [-0.05, 0) is 45.5 Å². The summed E-state index contributed by atoms with van der Waals surface area (Å²) in [5.74, 6) is 1.23. The Morgan fingerprint density at radius 2 is 1.90 bits per heavy atom. The van der Waals surface area contributed by atoms with Gasteiger partial charge in [-0.25, -0.2) is 8.42 Å². The third-order valence-electron chi connectivity index (χ3n) is 3.03. The van der Waals surface area contributed by atoms with Crippen molar-refractivity contribution in [3.63, 3.8) is 0 Å². The van der Waals surface area contributed by atoms with Gasteiger partial charge in [-0.15, -0.1) is 0 Å². The highest BCUT2D eigenvalue weighted by Crippen LogP contribution is 2.28.